The lowest BCUT2D eigenvalue weighted by Crippen LogP contribution is -2.35. The average molecular weight is 279 g/mol. The number of nitrogens with one attached hydrogen (secondary N) is 2. The first-order valence-corrected chi connectivity index (χ1v) is 6.86. The monoisotopic (exact) mass is 279 g/mol. The van der Waals surface area contributed by atoms with Crippen molar-refractivity contribution < 1.29 is 14.3 Å². The Morgan fingerprint density at radius 3 is 3.05 bits per heavy atom. The Labute approximate surface area is 118 Å². The number of carbonyl (C=O) groups excluding carboxylic acids is 1. The van der Waals surface area contributed by atoms with Crippen molar-refractivity contribution in [2.45, 2.75) is 25.5 Å². The summed E-state index contributed by atoms with van der Waals surface area (Å²) < 4.78 is 10.7. The van der Waals surface area contributed by atoms with E-state index in [9.17, 15) is 4.79 Å². The second kappa shape index (κ2) is 7.81. The van der Waals surface area contributed by atoms with Crippen molar-refractivity contribution >= 4 is 5.91 Å². The van der Waals surface area contributed by atoms with Crippen molar-refractivity contribution in [3.05, 3.63) is 23.9 Å². The first kappa shape index (κ1) is 14.7. The summed E-state index contributed by atoms with van der Waals surface area (Å²) in [6, 6.07) is 3.69. The first-order valence-electron chi connectivity index (χ1n) is 6.86. The van der Waals surface area contributed by atoms with Crippen LogP contribution in [0.3, 0.4) is 0 Å². The lowest BCUT2D eigenvalue weighted by atomic mass is 10.1. The minimum atomic E-state index is -0.116. The van der Waals surface area contributed by atoms with Gasteiger partial charge in [-0.2, -0.15) is 0 Å². The van der Waals surface area contributed by atoms with E-state index in [0.717, 1.165) is 31.5 Å². The number of ether oxygens (including phenoxy) is 2. The number of piperidine rings is 1. The molecule has 6 heteroatoms. The number of pyridine rings is 1. The van der Waals surface area contributed by atoms with Crippen LogP contribution in [0.15, 0.2) is 18.3 Å². The SMILES string of the molecule is COc1ncccc1CNC(=O)COC1CCNCC1. The second-order valence-corrected chi connectivity index (χ2v) is 4.71. The van der Waals surface area contributed by atoms with Gasteiger partial charge < -0.3 is 20.1 Å². The smallest absolute Gasteiger partial charge is 0.246 e. The molecule has 2 N–H and O–H groups in total. The zero-order valence-corrected chi connectivity index (χ0v) is 11.7. The third-order valence-corrected chi connectivity index (χ3v) is 3.26. The molecule has 1 aromatic heterocycles. The summed E-state index contributed by atoms with van der Waals surface area (Å²) in [4.78, 5) is 15.8. The summed E-state index contributed by atoms with van der Waals surface area (Å²) >= 11 is 0. The molecule has 0 aliphatic carbocycles. The number of methoxy groups -OCH3 is 1. The van der Waals surface area contributed by atoms with E-state index in [2.05, 4.69) is 15.6 Å². The molecule has 0 aromatic carbocycles. The number of nitrogens with zero attached hydrogens (tertiary/aromatic N) is 1. The summed E-state index contributed by atoms with van der Waals surface area (Å²) in [5, 5.41) is 6.07. The molecule has 2 rings (SSSR count). The molecule has 0 spiro atoms. The third kappa shape index (κ3) is 4.47. The van der Waals surface area contributed by atoms with Gasteiger partial charge in [0, 0.05) is 18.3 Å². The zero-order chi connectivity index (χ0) is 14.2. The van der Waals surface area contributed by atoms with E-state index >= 15 is 0 Å². The molecule has 1 fully saturated rings. The molecule has 1 aliphatic rings. The predicted octanol–water partition coefficient (Wildman–Crippen LogP) is 0.475. The van der Waals surface area contributed by atoms with Crippen molar-refractivity contribution in [1.82, 2.24) is 15.6 Å². The molecule has 1 saturated heterocycles. The molecule has 0 unspecified atom stereocenters. The molecule has 0 saturated carbocycles. The maximum absolute atomic E-state index is 11.7. The van der Waals surface area contributed by atoms with E-state index in [-0.39, 0.29) is 18.6 Å². The first-order chi connectivity index (χ1) is 9.79. The summed E-state index contributed by atoms with van der Waals surface area (Å²) in [7, 11) is 1.56. The van der Waals surface area contributed by atoms with Crippen LogP contribution in [0.25, 0.3) is 0 Å². The highest BCUT2D eigenvalue weighted by atomic mass is 16.5. The Bertz CT molecular complexity index is 433. The van der Waals surface area contributed by atoms with Crippen molar-refractivity contribution in [2.75, 3.05) is 26.8 Å². The summed E-state index contributed by atoms with van der Waals surface area (Å²) in [6.07, 6.45) is 3.77. The number of rotatable bonds is 6. The van der Waals surface area contributed by atoms with Gasteiger partial charge in [-0.25, -0.2) is 4.98 Å². The Kier molecular flexibility index (Phi) is 5.76. The van der Waals surface area contributed by atoms with Crippen molar-refractivity contribution in [3.63, 3.8) is 0 Å². The number of amides is 1. The van der Waals surface area contributed by atoms with Crippen LogP contribution in [0, 0.1) is 0 Å². The van der Waals surface area contributed by atoms with Crippen LogP contribution in [0.1, 0.15) is 18.4 Å². The van der Waals surface area contributed by atoms with Gasteiger partial charge in [-0.15, -0.1) is 0 Å². The van der Waals surface area contributed by atoms with Crippen LogP contribution in [-0.4, -0.2) is 43.8 Å². The number of carbonyl (C=O) groups is 1. The maximum Gasteiger partial charge on any atom is 0.246 e. The van der Waals surface area contributed by atoms with Crippen molar-refractivity contribution in [2.24, 2.45) is 0 Å². The third-order valence-electron chi connectivity index (χ3n) is 3.26. The van der Waals surface area contributed by atoms with Crippen molar-refractivity contribution in [1.29, 1.82) is 0 Å². The highest BCUT2D eigenvalue weighted by Gasteiger charge is 2.14. The van der Waals surface area contributed by atoms with Crippen LogP contribution in [0.5, 0.6) is 5.88 Å². The lowest BCUT2D eigenvalue weighted by Gasteiger charge is -2.22. The van der Waals surface area contributed by atoms with Gasteiger partial charge in [-0.05, 0) is 32.0 Å². The lowest BCUT2D eigenvalue weighted by molar-refractivity contribution is -0.128. The topological polar surface area (TPSA) is 72.5 Å². The van der Waals surface area contributed by atoms with E-state index in [1.807, 2.05) is 12.1 Å². The Balaban J connectivity index is 1.71. The molecule has 1 amide bonds. The van der Waals surface area contributed by atoms with E-state index < -0.39 is 0 Å². The summed E-state index contributed by atoms with van der Waals surface area (Å²) in [6.45, 7) is 2.41. The molecule has 2 heterocycles. The van der Waals surface area contributed by atoms with Gasteiger partial charge in [0.2, 0.25) is 11.8 Å². The molecular formula is C14H21N3O3. The molecule has 0 radical (unpaired) electrons. The van der Waals surface area contributed by atoms with Crippen molar-refractivity contribution in [3.8, 4) is 5.88 Å². The van der Waals surface area contributed by atoms with Crippen LogP contribution >= 0.6 is 0 Å². The van der Waals surface area contributed by atoms with Gasteiger partial charge in [0.15, 0.2) is 0 Å². The van der Waals surface area contributed by atoms with Gasteiger partial charge in [0.05, 0.1) is 13.2 Å². The molecule has 0 atom stereocenters. The molecule has 110 valence electrons. The highest BCUT2D eigenvalue weighted by molar-refractivity contribution is 5.77. The fourth-order valence-electron chi connectivity index (χ4n) is 2.14. The fraction of sp³-hybridized carbons (Fsp3) is 0.571. The van der Waals surface area contributed by atoms with E-state index in [1.54, 1.807) is 13.3 Å². The van der Waals surface area contributed by atoms with Gasteiger partial charge in [-0.3, -0.25) is 4.79 Å². The molecular weight excluding hydrogens is 258 g/mol. The highest BCUT2D eigenvalue weighted by Crippen LogP contribution is 2.12. The predicted molar refractivity (Wildman–Crippen MR) is 74.5 cm³/mol. The van der Waals surface area contributed by atoms with Gasteiger partial charge >= 0.3 is 0 Å². The van der Waals surface area contributed by atoms with Crippen LogP contribution in [0.2, 0.25) is 0 Å². The van der Waals surface area contributed by atoms with Crippen LogP contribution < -0.4 is 15.4 Å². The Hall–Kier alpha value is -1.66. The molecule has 6 nitrogen and oxygen atoms in total. The standard InChI is InChI=1S/C14H21N3O3/c1-19-14-11(3-2-6-16-14)9-17-13(18)10-20-12-4-7-15-8-5-12/h2-3,6,12,15H,4-5,7-10H2,1H3,(H,17,18). The normalized spacial score (nSPS) is 15.8. The number of hydrogen-bond donors (Lipinski definition) is 2. The Morgan fingerprint density at radius 1 is 1.50 bits per heavy atom. The van der Waals surface area contributed by atoms with E-state index in [4.69, 9.17) is 9.47 Å². The van der Waals surface area contributed by atoms with E-state index in [1.165, 1.54) is 0 Å². The molecule has 0 bridgehead atoms. The Morgan fingerprint density at radius 2 is 2.30 bits per heavy atom. The van der Waals surface area contributed by atoms with E-state index in [0.29, 0.717) is 12.4 Å². The molecule has 1 aliphatic heterocycles. The summed E-state index contributed by atoms with van der Waals surface area (Å²) in [5.74, 6) is 0.418. The van der Waals surface area contributed by atoms with Crippen LogP contribution in [0.4, 0.5) is 0 Å². The van der Waals surface area contributed by atoms with Gasteiger partial charge in [-0.1, -0.05) is 6.07 Å². The number of hydrogen-bond acceptors (Lipinski definition) is 5. The maximum atomic E-state index is 11.7. The van der Waals surface area contributed by atoms with Gasteiger partial charge in [0.25, 0.3) is 0 Å². The minimum absolute atomic E-state index is 0.104. The number of aromatic nitrogens is 1. The quantitative estimate of drug-likeness (QED) is 0.792. The second-order valence-electron chi connectivity index (χ2n) is 4.71. The zero-order valence-electron chi connectivity index (χ0n) is 11.7. The van der Waals surface area contributed by atoms with Gasteiger partial charge in [0.1, 0.15) is 6.61 Å². The summed E-state index contributed by atoms with van der Waals surface area (Å²) in [5.41, 5.74) is 0.852. The molecule has 1 aromatic rings. The largest absolute Gasteiger partial charge is 0.481 e. The molecule has 20 heavy (non-hydrogen) atoms. The fourth-order valence-corrected chi connectivity index (χ4v) is 2.14. The average Bonchev–Trinajstić information content (AvgIpc) is 2.52. The minimum Gasteiger partial charge on any atom is -0.481 e. The van der Waals surface area contributed by atoms with Crippen LogP contribution in [-0.2, 0) is 16.1 Å².